The van der Waals surface area contributed by atoms with Gasteiger partial charge >= 0.3 is 0 Å². The van der Waals surface area contributed by atoms with Gasteiger partial charge in [0.25, 0.3) is 0 Å². The summed E-state index contributed by atoms with van der Waals surface area (Å²) in [5.74, 6) is 0. The van der Waals surface area contributed by atoms with Crippen molar-refractivity contribution < 1.29 is 5.11 Å². The minimum atomic E-state index is 0.106. The number of aliphatic hydroxyl groups excluding tert-OH is 1. The Kier molecular flexibility index (Phi) is 4.96. The van der Waals surface area contributed by atoms with Crippen LogP contribution in [0.3, 0.4) is 0 Å². The molecule has 116 valence electrons. The van der Waals surface area contributed by atoms with Crippen molar-refractivity contribution in [2.45, 2.75) is 46.7 Å². The standard InChI is InChI=1S/C16H26N4O/c1-12(2)20-15-14(10-19-20)7-13(9-18-15)8-17-11-16(3,4)5-6-21/h7,9-10,12,17,21H,5-6,8,11H2,1-4H3. The van der Waals surface area contributed by atoms with Crippen LogP contribution in [0.2, 0.25) is 0 Å². The molecule has 0 bridgehead atoms. The van der Waals surface area contributed by atoms with Crippen molar-refractivity contribution in [2.75, 3.05) is 13.2 Å². The van der Waals surface area contributed by atoms with E-state index in [4.69, 9.17) is 5.11 Å². The molecule has 0 saturated carbocycles. The van der Waals surface area contributed by atoms with Crippen molar-refractivity contribution >= 4 is 11.0 Å². The van der Waals surface area contributed by atoms with Gasteiger partial charge in [-0.05, 0) is 37.3 Å². The van der Waals surface area contributed by atoms with Crippen molar-refractivity contribution in [3.05, 3.63) is 24.0 Å². The fourth-order valence-electron chi connectivity index (χ4n) is 2.40. The van der Waals surface area contributed by atoms with Gasteiger partial charge in [-0.1, -0.05) is 13.8 Å². The molecule has 2 N–H and O–H groups in total. The van der Waals surface area contributed by atoms with E-state index in [-0.39, 0.29) is 12.0 Å². The maximum atomic E-state index is 9.04. The first-order valence-corrected chi connectivity index (χ1v) is 7.57. The van der Waals surface area contributed by atoms with Crippen LogP contribution in [0.1, 0.15) is 45.7 Å². The van der Waals surface area contributed by atoms with Gasteiger partial charge in [-0.2, -0.15) is 5.10 Å². The van der Waals surface area contributed by atoms with Crippen LogP contribution >= 0.6 is 0 Å². The molecule has 0 amide bonds. The monoisotopic (exact) mass is 290 g/mol. The highest BCUT2D eigenvalue weighted by molar-refractivity contribution is 5.75. The van der Waals surface area contributed by atoms with E-state index in [1.54, 1.807) is 0 Å². The number of nitrogens with zero attached hydrogens (tertiary/aromatic N) is 3. The Labute approximate surface area is 126 Å². The van der Waals surface area contributed by atoms with Crippen LogP contribution in [0, 0.1) is 5.41 Å². The van der Waals surface area contributed by atoms with Gasteiger partial charge in [0.2, 0.25) is 0 Å². The van der Waals surface area contributed by atoms with E-state index in [9.17, 15) is 0 Å². The molecule has 0 spiro atoms. The Hall–Kier alpha value is -1.46. The number of nitrogens with one attached hydrogen (secondary N) is 1. The molecule has 2 heterocycles. The Bertz CT molecular complexity index is 589. The quantitative estimate of drug-likeness (QED) is 0.822. The van der Waals surface area contributed by atoms with E-state index in [0.29, 0.717) is 6.04 Å². The lowest BCUT2D eigenvalue weighted by atomic mass is 9.90. The number of fused-ring (bicyclic) bond motifs is 1. The minimum Gasteiger partial charge on any atom is -0.396 e. The molecular formula is C16H26N4O. The van der Waals surface area contributed by atoms with Crippen LogP contribution in [-0.4, -0.2) is 33.0 Å². The summed E-state index contributed by atoms with van der Waals surface area (Å²) in [7, 11) is 0. The molecule has 0 fully saturated rings. The minimum absolute atomic E-state index is 0.106. The second kappa shape index (κ2) is 6.54. The molecule has 21 heavy (non-hydrogen) atoms. The summed E-state index contributed by atoms with van der Waals surface area (Å²) in [4.78, 5) is 4.53. The number of aliphatic hydroxyl groups is 1. The van der Waals surface area contributed by atoms with Gasteiger partial charge in [-0.25, -0.2) is 9.67 Å². The number of pyridine rings is 1. The number of rotatable bonds is 7. The van der Waals surface area contributed by atoms with E-state index in [1.165, 1.54) is 0 Å². The summed E-state index contributed by atoms with van der Waals surface area (Å²) in [5, 5.41) is 17.9. The van der Waals surface area contributed by atoms with Crippen LogP contribution in [-0.2, 0) is 6.54 Å². The molecule has 0 aliphatic carbocycles. The molecule has 0 unspecified atom stereocenters. The van der Waals surface area contributed by atoms with Gasteiger partial charge in [0.05, 0.1) is 6.20 Å². The van der Waals surface area contributed by atoms with Crippen molar-refractivity contribution in [1.29, 1.82) is 0 Å². The predicted molar refractivity (Wildman–Crippen MR) is 85.1 cm³/mol. The molecule has 2 aromatic rings. The van der Waals surface area contributed by atoms with Gasteiger partial charge in [0.1, 0.15) is 0 Å². The number of aromatic nitrogens is 3. The first kappa shape index (κ1) is 15.9. The normalized spacial score (nSPS) is 12.5. The third-order valence-corrected chi connectivity index (χ3v) is 3.70. The number of hydrogen-bond acceptors (Lipinski definition) is 4. The van der Waals surface area contributed by atoms with Crippen LogP contribution in [0.5, 0.6) is 0 Å². The van der Waals surface area contributed by atoms with E-state index in [0.717, 1.165) is 36.1 Å². The van der Waals surface area contributed by atoms with E-state index in [1.807, 2.05) is 17.1 Å². The SMILES string of the molecule is CC(C)n1ncc2cc(CNCC(C)(C)CCO)cnc21. The maximum absolute atomic E-state index is 9.04. The van der Waals surface area contributed by atoms with Crippen molar-refractivity contribution in [2.24, 2.45) is 5.41 Å². The molecule has 5 heteroatoms. The Morgan fingerprint density at radius 3 is 2.76 bits per heavy atom. The average Bonchev–Trinajstić information content (AvgIpc) is 2.81. The average molecular weight is 290 g/mol. The van der Waals surface area contributed by atoms with Gasteiger partial charge in [-0.3, -0.25) is 0 Å². The van der Waals surface area contributed by atoms with Gasteiger partial charge in [-0.15, -0.1) is 0 Å². The Morgan fingerprint density at radius 1 is 1.33 bits per heavy atom. The molecule has 0 aromatic carbocycles. The molecular weight excluding hydrogens is 264 g/mol. The lowest BCUT2D eigenvalue weighted by Crippen LogP contribution is -2.29. The Balaban J connectivity index is 2.00. The third kappa shape index (κ3) is 4.02. The van der Waals surface area contributed by atoms with Crippen LogP contribution in [0.25, 0.3) is 11.0 Å². The molecule has 0 aliphatic rings. The molecule has 2 rings (SSSR count). The van der Waals surface area contributed by atoms with Crippen LogP contribution in [0.15, 0.2) is 18.5 Å². The third-order valence-electron chi connectivity index (χ3n) is 3.70. The summed E-state index contributed by atoms with van der Waals surface area (Å²) < 4.78 is 1.94. The predicted octanol–water partition coefficient (Wildman–Crippen LogP) is 2.51. The summed E-state index contributed by atoms with van der Waals surface area (Å²) in [6, 6.07) is 2.46. The zero-order valence-electron chi connectivity index (χ0n) is 13.4. The van der Waals surface area contributed by atoms with Crippen molar-refractivity contribution in [3.63, 3.8) is 0 Å². The van der Waals surface area contributed by atoms with Gasteiger partial charge < -0.3 is 10.4 Å². The molecule has 0 saturated heterocycles. The van der Waals surface area contributed by atoms with Crippen LogP contribution in [0.4, 0.5) is 0 Å². The lowest BCUT2D eigenvalue weighted by molar-refractivity contribution is 0.207. The summed E-state index contributed by atoms with van der Waals surface area (Å²) in [5.41, 5.74) is 2.20. The molecule has 5 nitrogen and oxygen atoms in total. The zero-order chi connectivity index (χ0) is 15.5. The smallest absolute Gasteiger partial charge is 0.157 e. The zero-order valence-corrected chi connectivity index (χ0v) is 13.4. The highest BCUT2D eigenvalue weighted by Gasteiger charge is 2.16. The van der Waals surface area contributed by atoms with Crippen molar-refractivity contribution in [3.8, 4) is 0 Å². The fraction of sp³-hybridized carbons (Fsp3) is 0.625. The highest BCUT2D eigenvalue weighted by Crippen LogP contribution is 2.19. The summed E-state index contributed by atoms with van der Waals surface area (Å²) >= 11 is 0. The second-order valence-corrected chi connectivity index (χ2v) is 6.68. The second-order valence-electron chi connectivity index (χ2n) is 6.68. The topological polar surface area (TPSA) is 63.0 Å². The Morgan fingerprint density at radius 2 is 2.10 bits per heavy atom. The molecule has 0 aliphatic heterocycles. The lowest BCUT2D eigenvalue weighted by Gasteiger charge is -2.23. The first-order chi connectivity index (χ1) is 9.93. The van der Waals surface area contributed by atoms with Gasteiger partial charge in [0, 0.05) is 37.3 Å². The largest absolute Gasteiger partial charge is 0.396 e. The van der Waals surface area contributed by atoms with Gasteiger partial charge in [0.15, 0.2) is 5.65 Å². The fourth-order valence-corrected chi connectivity index (χ4v) is 2.40. The molecule has 0 radical (unpaired) electrons. The first-order valence-electron chi connectivity index (χ1n) is 7.57. The van der Waals surface area contributed by atoms with Crippen molar-refractivity contribution in [1.82, 2.24) is 20.1 Å². The van der Waals surface area contributed by atoms with Crippen LogP contribution < -0.4 is 5.32 Å². The summed E-state index contributed by atoms with van der Waals surface area (Å²) in [6.45, 7) is 10.4. The summed E-state index contributed by atoms with van der Waals surface area (Å²) in [6.07, 6.45) is 4.59. The van der Waals surface area contributed by atoms with E-state index in [2.05, 4.69) is 49.2 Å². The van der Waals surface area contributed by atoms with E-state index >= 15 is 0 Å². The number of hydrogen-bond donors (Lipinski definition) is 2. The van der Waals surface area contributed by atoms with E-state index < -0.39 is 0 Å². The molecule has 2 aromatic heterocycles. The highest BCUT2D eigenvalue weighted by atomic mass is 16.3. The molecule has 0 atom stereocenters. The maximum Gasteiger partial charge on any atom is 0.157 e.